The lowest BCUT2D eigenvalue weighted by Gasteiger charge is -2.67. The molecule has 1 saturated heterocycles. The maximum atomic E-state index is 15.2. The maximum absolute atomic E-state index is 15.2. The van der Waals surface area contributed by atoms with E-state index in [-0.39, 0.29) is 35.3 Å². The lowest BCUT2D eigenvalue weighted by atomic mass is 9.44. The number of ketones is 1. The van der Waals surface area contributed by atoms with E-state index in [1.165, 1.54) is 52.0 Å². The van der Waals surface area contributed by atoms with Crippen molar-refractivity contribution in [2.75, 3.05) is 6.61 Å². The Kier molecular flexibility index (Phi) is 13.9. The summed E-state index contributed by atoms with van der Waals surface area (Å²) in [5.41, 5.74) is -10.5. The number of benzene rings is 2. The fourth-order valence-electron chi connectivity index (χ4n) is 10.4. The van der Waals surface area contributed by atoms with Crippen molar-refractivity contribution in [3.05, 3.63) is 82.9 Å². The van der Waals surface area contributed by atoms with Crippen LogP contribution < -0.4 is 0 Å². The Morgan fingerprint density at radius 2 is 1.35 bits per heavy atom. The number of imide groups is 1. The summed E-state index contributed by atoms with van der Waals surface area (Å²) >= 11 is 0. The van der Waals surface area contributed by atoms with E-state index in [2.05, 4.69) is 0 Å². The maximum Gasteiger partial charge on any atom is 0.420 e. The first-order valence-electron chi connectivity index (χ1n) is 22.5. The molecule has 18 heteroatoms. The molecule has 2 unspecified atom stereocenters. The van der Waals surface area contributed by atoms with Crippen LogP contribution in [-0.4, -0.2) is 128 Å². The molecular weight excluding hydrogens is 887 g/mol. The molecule has 0 radical (unpaired) electrons. The van der Waals surface area contributed by atoms with E-state index in [1.807, 2.05) is 0 Å². The van der Waals surface area contributed by atoms with Crippen LogP contribution >= 0.6 is 0 Å². The molecule has 3 N–H and O–H groups in total. The summed E-state index contributed by atoms with van der Waals surface area (Å²) in [6, 6.07) is 13.6. The molecule has 370 valence electrons. The van der Waals surface area contributed by atoms with Crippen LogP contribution in [0.25, 0.3) is 0 Å². The van der Waals surface area contributed by atoms with Gasteiger partial charge in [-0.15, -0.1) is 0 Å². The molecule has 0 aromatic heterocycles. The number of nitrogens with zero attached hydrogens (tertiary/aromatic N) is 1. The van der Waals surface area contributed by atoms with Crippen LogP contribution in [0.15, 0.2) is 71.8 Å². The number of ether oxygens (including phenoxy) is 7. The third-order valence-corrected chi connectivity index (χ3v) is 13.6. The van der Waals surface area contributed by atoms with Crippen LogP contribution in [0.2, 0.25) is 0 Å². The molecule has 1 aliphatic heterocycles. The number of rotatable bonds is 9. The normalized spacial score (nSPS) is 30.5. The van der Waals surface area contributed by atoms with Gasteiger partial charge in [0.15, 0.2) is 11.4 Å². The minimum Gasteiger partial charge on any atom is -0.455 e. The molecule has 18 nitrogen and oxygen atoms in total. The van der Waals surface area contributed by atoms with Crippen molar-refractivity contribution < 1.29 is 82.0 Å². The van der Waals surface area contributed by atoms with Gasteiger partial charge in [-0.3, -0.25) is 14.4 Å². The first-order chi connectivity index (χ1) is 31.4. The number of hydrogen-bond acceptors (Lipinski definition) is 17. The van der Waals surface area contributed by atoms with Crippen LogP contribution in [0.1, 0.15) is 118 Å². The summed E-state index contributed by atoms with van der Waals surface area (Å²) in [5, 5.41) is 38.1. The number of carbonyl (C=O) groups is 7. The summed E-state index contributed by atoms with van der Waals surface area (Å²) in [6.45, 7) is 16.9. The van der Waals surface area contributed by atoms with E-state index in [0.717, 1.165) is 13.8 Å². The Balaban J connectivity index is 1.56. The zero-order valence-electron chi connectivity index (χ0n) is 40.5. The van der Waals surface area contributed by atoms with Gasteiger partial charge < -0.3 is 48.5 Å². The average molecular weight is 950 g/mol. The molecule has 0 spiro atoms. The largest absolute Gasteiger partial charge is 0.455 e. The van der Waals surface area contributed by atoms with Crippen molar-refractivity contribution in [3.63, 3.8) is 0 Å². The lowest BCUT2D eigenvalue weighted by Crippen LogP contribution is -2.81. The van der Waals surface area contributed by atoms with Gasteiger partial charge in [-0.05, 0) is 84.2 Å². The van der Waals surface area contributed by atoms with Gasteiger partial charge in [-0.2, -0.15) is 0 Å². The fraction of sp³-hybridized carbons (Fsp3) is 0.580. The second-order valence-corrected chi connectivity index (χ2v) is 20.8. The molecule has 68 heavy (non-hydrogen) atoms. The van der Waals surface area contributed by atoms with Gasteiger partial charge in [0.2, 0.25) is 6.10 Å². The highest BCUT2D eigenvalue weighted by Crippen LogP contribution is 2.64. The van der Waals surface area contributed by atoms with Crippen molar-refractivity contribution >= 4 is 41.8 Å². The fourth-order valence-corrected chi connectivity index (χ4v) is 10.4. The summed E-state index contributed by atoms with van der Waals surface area (Å²) in [7, 11) is 0. The highest BCUT2D eigenvalue weighted by molar-refractivity contribution is 5.94. The Labute approximate surface area is 395 Å². The third-order valence-electron chi connectivity index (χ3n) is 13.6. The van der Waals surface area contributed by atoms with Gasteiger partial charge in [0.1, 0.15) is 47.3 Å². The first kappa shape index (κ1) is 51.7. The lowest BCUT2D eigenvalue weighted by molar-refractivity contribution is -0.346. The average Bonchev–Trinajstić information content (AvgIpc) is 3.22. The number of hydrogen-bond donors (Lipinski definition) is 3. The quantitative estimate of drug-likeness (QED) is 0.160. The van der Waals surface area contributed by atoms with Crippen molar-refractivity contribution in [2.45, 2.75) is 161 Å². The number of carbonyl (C=O) groups excluding carboxylic acids is 7. The molecule has 11 atom stereocenters. The van der Waals surface area contributed by atoms with E-state index >= 15 is 9.59 Å². The first-order valence-corrected chi connectivity index (χ1v) is 22.5. The Morgan fingerprint density at radius 1 is 0.809 bits per heavy atom. The second kappa shape index (κ2) is 18.3. The molecule has 3 aliphatic carbocycles. The van der Waals surface area contributed by atoms with Crippen LogP contribution in [0.4, 0.5) is 9.59 Å². The second-order valence-electron chi connectivity index (χ2n) is 20.8. The molecule has 2 bridgehead atoms. The molecule has 2 amide bonds. The van der Waals surface area contributed by atoms with E-state index in [9.17, 15) is 39.3 Å². The predicted octanol–water partition coefficient (Wildman–Crippen LogP) is 5.48. The van der Waals surface area contributed by atoms with E-state index in [4.69, 9.17) is 33.2 Å². The van der Waals surface area contributed by atoms with Gasteiger partial charge in [0.25, 0.3) is 0 Å². The highest BCUT2D eigenvalue weighted by atomic mass is 16.6. The smallest absolute Gasteiger partial charge is 0.420 e. The summed E-state index contributed by atoms with van der Waals surface area (Å²) < 4.78 is 41.5. The number of aliphatic hydroxyl groups is 3. The number of amides is 2. The highest BCUT2D eigenvalue weighted by Gasteiger charge is 2.78. The van der Waals surface area contributed by atoms with E-state index in [0.29, 0.717) is 4.90 Å². The summed E-state index contributed by atoms with van der Waals surface area (Å²) in [4.78, 5) is 99.6. The van der Waals surface area contributed by atoms with Crippen LogP contribution in [0, 0.1) is 16.7 Å². The number of esters is 4. The Morgan fingerprint density at radius 3 is 1.84 bits per heavy atom. The summed E-state index contributed by atoms with van der Waals surface area (Å²) in [6.07, 6.45) is -13.9. The molecule has 6 rings (SSSR count). The van der Waals surface area contributed by atoms with Crippen molar-refractivity contribution in [1.82, 2.24) is 4.90 Å². The number of aliphatic hydroxyl groups excluding tert-OH is 2. The van der Waals surface area contributed by atoms with Crippen molar-refractivity contribution in [2.24, 2.45) is 16.7 Å². The number of fused-ring (bicyclic) bond motifs is 5. The van der Waals surface area contributed by atoms with Crippen molar-refractivity contribution in [1.29, 1.82) is 0 Å². The molecule has 2 aromatic carbocycles. The SMILES string of the molecule is CC(=O)O[C@@H](C(=O)O[C@H]1C[C@@]2(O)C(OC(=O)c3ccccc3)C3[C@](C)(C(=O)[C@H](O)C(=C1C)C2(C)C)[C@@H](O)C[C@H]1OC[C@@]31OC(C)=O)[C@H](c1ccccc1)N(C(=O)OC(C)(C)C)C(=O)OC(C)(C)C. The molecule has 3 fully saturated rings. The van der Waals surface area contributed by atoms with Crippen LogP contribution in [-0.2, 0) is 52.3 Å². The zero-order valence-corrected chi connectivity index (χ0v) is 40.5. The van der Waals surface area contributed by atoms with E-state index < -0.39 is 130 Å². The molecule has 2 aromatic rings. The molecular formula is C50H63NO17. The predicted molar refractivity (Wildman–Crippen MR) is 238 cm³/mol. The van der Waals surface area contributed by atoms with E-state index in [1.54, 1.807) is 77.9 Å². The van der Waals surface area contributed by atoms with Gasteiger partial charge in [-0.1, -0.05) is 62.4 Å². The molecule has 2 saturated carbocycles. The zero-order chi connectivity index (χ0) is 50.7. The van der Waals surface area contributed by atoms with Gasteiger partial charge in [0, 0.05) is 32.1 Å². The third kappa shape index (κ3) is 9.27. The topological polar surface area (TPSA) is 248 Å². The minimum absolute atomic E-state index is 0.0322. The van der Waals surface area contributed by atoms with Gasteiger partial charge in [-0.25, -0.2) is 24.1 Å². The van der Waals surface area contributed by atoms with Crippen LogP contribution in [0.5, 0.6) is 0 Å². The molecule has 4 aliphatic rings. The molecule has 1 heterocycles. The monoisotopic (exact) mass is 949 g/mol. The van der Waals surface area contributed by atoms with Gasteiger partial charge in [0.05, 0.1) is 29.6 Å². The standard InChI is InChI=1S/C50H63NO17/c1-26-31(64-42(58)37(63-27(2)52)35(29-19-15-13-16-20-29)51(43(59)67-45(4,5)6)44(60)68-46(7,8)9)24-50(61)40(65-41(57)30-21-17-14-18-22-30)38-48(12,39(56)36(55)34(26)47(50,10)11)32(54)23-33-49(38,25-62-33)66-28(3)53/h13-22,31-33,35-38,40,54-55,61H,23-25H2,1-12H3/t31-,32-,33+,35-,36+,37+,38?,40?,48+,49-,50+/m0/s1. The Hall–Kier alpha value is -5.69. The Bertz CT molecular complexity index is 2320. The number of Topliss-reactive ketones (excluding diaryl/α,β-unsaturated/α-hetero) is 1. The summed E-state index contributed by atoms with van der Waals surface area (Å²) in [5.74, 6) is -6.77. The van der Waals surface area contributed by atoms with Crippen LogP contribution in [0.3, 0.4) is 0 Å². The van der Waals surface area contributed by atoms with Crippen molar-refractivity contribution in [3.8, 4) is 0 Å². The van der Waals surface area contributed by atoms with Gasteiger partial charge >= 0.3 is 36.1 Å². The minimum atomic E-state index is -2.48.